The zero-order valence-electron chi connectivity index (χ0n) is 23.4. The molecule has 1 aromatic carbocycles. The Hall–Kier alpha value is -3.30. The number of ether oxygens (including phenoxy) is 1. The molecular weight excluding hydrogens is 476 g/mol. The average Bonchev–Trinajstić information content (AvgIpc) is 2.74. The number of hydrogen-bond acceptors (Lipinski definition) is 6. The van der Waals surface area contributed by atoms with Crippen LogP contribution in [-0.4, -0.2) is 57.5 Å². The number of carbonyl (C=O) groups excluding carboxylic acids is 4. The van der Waals surface area contributed by atoms with Crippen LogP contribution in [0.15, 0.2) is 18.2 Å². The maximum Gasteiger partial charge on any atom is 0.408 e. The number of primary amides is 1. The summed E-state index contributed by atoms with van der Waals surface area (Å²) in [6.45, 7) is 14.6. The first-order chi connectivity index (χ1) is 17.0. The number of aryl methyl sites for hydroxylation is 1. The number of nitrogens with two attached hydrogens (primary N) is 1. The van der Waals surface area contributed by atoms with Gasteiger partial charge in [-0.3, -0.25) is 14.4 Å². The smallest absolute Gasteiger partial charge is 0.408 e. The molecule has 37 heavy (non-hydrogen) atoms. The van der Waals surface area contributed by atoms with Gasteiger partial charge >= 0.3 is 6.09 Å². The number of hydrogen-bond donors (Lipinski definition) is 4. The molecule has 4 amide bonds. The van der Waals surface area contributed by atoms with Crippen molar-refractivity contribution in [1.82, 2.24) is 15.5 Å². The zero-order chi connectivity index (χ0) is 28.6. The lowest BCUT2D eigenvalue weighted by Gasteiger charge is -2.43. The quantitative estimate of drug-likeness (QED) is 0.328. The molecule has 0 spiro atoms. The topological polar surface area (TPSA) is 151 Å². The zero-order valence-corrected chi connectivity index (χ0v) is 23.4. The SMILES string of the molecule is CCCCNC(=O)C(c1ccc(O)c(C)c1)N(C(=O)C(CCC(N)=O)NC(=O)OC(C)(C)C)C(C)(C)C. The number of carbonyl (C=O) groups is 4. The lowest BCUT2D eigenvalue weighted by atomic mass is 9.93. The van der Waals surface area contributed by atoms with Crippen LogP contribution in [0, 0.1) is 6.92 Å². The van der Waals surface area contributed by atoms with E-state index in [2.05, 4.69) is 10.6 Å². The van der Waals surface area contributed by atoms with E-state index in [0.29, 0.717) is 17.7 Å². The molecule has 0 aromatic heterocycles. The van der Waals surface area contributed by atoms with Gasteiger partial charge in [0.2, 0.25) is 17.7 Å². The third kappa shape index (κ3) is 10.3. The van der Waals surface area contributed by atoms with Gasteiger partial charge in [0, 0.05) is 18.5 Å². The molecule has 0 saturated carbocycles. The Morgan fingerprint density at radius 2 is 1.73 bits per heavy atom. The Morgan fingerprint density at radius 3 is 2.22 bits per heavy atom. The van der Waals surface area contributed by atoms with E-state index in [-0.39, 0.29) is 18.6 Å². The first kappa shape index (κ1) is 31.7. The molecule has 0 radical (unpaired) electrons. The first-order valence-corrected chi connectivity index (χ1v) is 12.7. The summed E-state index contributed by atoms with van der Waals surface area (Å²) < 4.78 is 5.33. The Labute approximate surface area is 220 Å². The number of alkyl carbamates (subject to hydrolysis) is 1. The molecule has 0 saturated heterocycles. The maximum absolute atomic E-state index is 14.1. The minimum Gasteiger partial charge on any atom is -0.508 e. The lowest BCUT2D eigenvalue weighted by Crippen LogP contribution is -2.58. The third-order valence-corrected chi connectivity index (χ3v) is 5.50. The molecular formula is C27H44N4O6. The maximum atomic E-state index is 14.1. The highest BCUT2D eigenvalue weighted by Gasteiger charge is 2.42. The van der Waals surface area contributed by atoms with Crippen molar-refractivity contribution in [2.24, 2.45) is 5.73 Å². The van der Waals surface area contributed by atoms with Gasteiger partial charge < -0.3 is 31.1 Å². The minimum atomic E-state index is -1.18. The standard InChI is InChI=1S/C27H44N4O6/c1-9-10-15-29-23(34)22(18-11-13-20(32)17(2)16-18)31(26(3,4)5)24(35)19(12-14-21(28)33)30-25(36)37-27(6,7)8/h11,13,16,19,22,32H,9-10,12,14-15H2,1-8H3,(H2,28,33)(H,29,34)(H,30,36). The molecule has 5 N–H and O–H groups in total. The molecule has 10 heteroatoms. The van der Waals surface area contributed by atoms with Gasteiger partial charge in [-0.25, -0.2) is 4.79 Å². The highest BCUT2D eigenvalue weighted by Crippen LogP contribution is 2.32. The Bertz CT molecular complexity index is 965. The molecule has 0 heterocycles. The van der Waals surface area contributed by atoms with Crippen molar-refractivity contribution in [2.45, 2.75) is 104 Å². The Kier molecular flexibility index (Phi) is 11.4. The van der Waals surface area contributed by atoms with Gasteiger partial charge in [0.1, 0.15) is 23.4 Å². The lowest BCUT2D eigenvalue weighted by molar-refractivity contribution is -0.148. The normalized spacial score (nSPS) is 13.3. The second kappa shape index (κ2) is 13.3. The number of nitrogens with zero attached hydrogens (tertiary/aromatic N) is 1. The fourth-order valence-electron chi connectivity index (χ4n) is 3.76. The van der Waals surface area contributed by atoms with E-state index >= 15 is 0 Å². The summed E-state index contributed by atoms with van der Waals surface area (Å²) >= 11 is 0. The van der Waals surface area contributed by atoms with Gasteiger partial charge in [-0.05, 0) is 84.6 Å². The van der Waals surface area contributed by atoms with Crippen molar-refractivity contribution in [3.63, 3.8) is 0 Å². The highest BCUT2D eigenvalue weighted by atomic mass is 16.6. The van der Waals surface area contributed by atoms with Crippen LogP contribution < -0.4 is 16.4 Å². The monoisotopic (exact) mass is 520 g/mol. The van der Waals surface area contributed by atoms with Crippen LogP contribution in [0.25, 0.3) is 0 Å². The van der Waals surface area contributed by atoms with E-state index < -0.39 is 47.0 Å². The molecule has 0 aliphatic heterocycles. The summed E-state index contributed by atoms with van der Waals surface area (Å²) in [6, 6.07) is 2.49. The molecule has 1 aromatic rings. The first-order valence-electron chi connectivity index (χ1n) is 12.7. The van der Waals surface area contributed by atoms with Crippen molar-refractivity contribution >= 4 is 23.8 Å². The van der Waals surface area contributed by atoms with E-state index in [1.54, 1.807) is 60.6 Å². The number of amides is 4. The van der Waals surface area contributed by atoms with Gasteiger partial charge in [0.25, 0.3) is 0 Å². The number of aromatic hydroxyl groups is 1. The second-order valence-corrected chi connectivity index (χ2v) is 11.2. The predicted molar refractivity (Wildman–Crippen MR) is 142 cm³/mol. The molecule has 0 bridgehead atoms. The number of phenols is 1. The van der Waals surface area contributed by atoms with E-state index in [0.717, 1.165) is 12.8 Å². The van der Waals surface area contributed by atoms with Crippen molar-refractivity contribution in [2.75, 3.05) is 6.54 Å². The van der Waals surface area contributed by atoms with Crippen molar-refractivity contribution in [3.05, 3.63) is 29.3 Å². The number of phenolic OH excluding ortho intramolecular Hbond substituents is 1. The summed E-state index contributed by atoms with van der Waals surface area (Å²) in [6.07, 6.45) is 0.584. The fraction of sp³-hybridized carbons (Fsp3) is 0.630. The van der Waals surface area contributed by atoms with Gasteiger partial charge in [-0.2, -0.15) is 0 Å². The average molecular weight is 521 g/mol. The fourth-order valence-corrected chi connectivity index (χ4v) is 3.76. The van der Waals surface area contributed by atoms with Crippen LogP contribution in [-0.2, 0) is 19.1 Å². The summed E-state index contributed by atoms with van der Waals surface area (Å²) in [5, 5.41) is 15.5. The number of rotatable bonds is 11. The van der Waals surface area contributed by atoms with Gasteiger partial charge in [-0.15, -0.1) is 0 Å². The van der Waals surface area contributed by atoms with Crippen molar-refractivity contribution in [1.29, 1.82) is 0 Å². The summed E-state index contributed by atoms with van der Waals surface area (Å²) in [4.78, 5) is 53.2. The van der Waals surface area contributed by atoms with E-state index in [1.165, 1.54) is 11.0 Å². The molecule has 10 nitrogen and oxygen atoms in total. The summed E-state index contributed by atoms with van der Waals surface area (Å²) in [5.74, 6) is -1.53. The van der Waals surface area contributed by atoms with Crippen molar-refractivity contribution in [3.8, 4) is 5.75 Å². The molecule has 0 aliphatic rings. The second-order valence-electron chi connectivity index (χ2n) is 11.2. The predicted octanol–water partition coefficient (Wildman–Crippen LogP) is 3.44. The van der Waals surface area contributed by atoms with Gasteiger partial charge in [0.05, 0.1) is 0 Å². The van der Waals surface area contributed by atoms with Crippen molar-refractivity contribution < 1.29 is 29.0 Å². The van der Waals surface area contributed by atoms with Crippen LogP contribution >= 0.6 is 0 Å². The third-order valence-electron chi connectivity index (χ3n) is 5.50. The number of nitrogens with one attached hydrogen (secondary N) is 2. The number of unbranched alkanes of at least 4 members (excludes halogenated alkanes) is 1. The van der Waals surface area contributed by atoms with E-state index in [1.807, 2.05) is 6.92 Å². The summed E-state index contributed by atoms with van der Waals surface area (Å²) in [7, 11) is 0. The molecule has 2 atom stereocenters. The van der Waals surface area contributed by atoms with Crippen LogP contribution in [0.1, 0.15) is 91.3 Å². The van der Waals surface area contributed by atoms with Crippen LogP contribution in [0.2, 0.25) is 0 Å². The molecule has 0 aliphatic carbocycles. The van der Waals surface area contributed by atoms with Gasteiger partial charge in [-0.1, -0.05) is 19.4 Å². The molecule has 2 unspecified atom stereocenters. The highest BCUT2D eigenvalue weighted by molar-refractivity contribution is 5.93. The molecule has 208 valence electrons. The van der Waals surface area contributed by atoms with E-state index in [4.69, 9.17) is 10.5 Å². The summed E-state index contributed by atoms with van der Waals surface area (Å²) in [5.41, 5.74) is 4.69. The van der Waals surface area contributed by atoms with E-state index in [9.17, 15) is 24.3 Å². The molecule has 1 rings (SSSR count). The van der Waals surface area contributed by atoms with Crippen LogP contribution in [0.4, 0.5) is 4.79 Å². The van der Waals surface area contributed by atoms with Crippen LogP contribution in [0.5, 0.6) is 5.75 Å². The minimum absolute atomic E-state index is 0.0634. The largest absolute Gasteiger partial charge is 0.508 e. The Balaban J connectivity index is 3.58. The molecule has 0 fully saturated rings. The van der Waals surface area contributed by atoms with Crippen LogP contribution in [0.3, 0.4) is 0 Å². The Morgan fingerprint density at radius 1 is 1.11 bits per heavy atom. The number of benzene rings is 1. The van der Waals surface area contributed by atoms with Gasteiger partial charge in [0.15, 0.2) is 0 Å².